The minimum absolute atomic E-state index is 0.0679. The third-order valence-electron chi connectivity index (χ3n) is 2.41. The minimum Gasteiger partial charge on any atom is -0.399 e. The highest BCUT2D eigenvalue weighted by molar-refractivity contribution is 9.10. The lowest BCUT2D eigenvalue weighted by molar-refractivity contribution is 0.102. The Labute approximate surface area is 122 Å². The Bertz CT molecular complexity index is 649. The lowest BCUT2D eigenvalue weighted by Gasteiger charge is -2.09. The molecule has 0 aliphatic rings. The summed E-state index contributed by atoms with van der Waals surface area (Å²) < 4.78 is 14.2. The van der Waals surface area contributed by atoms with Gasteiger partial charge in [-0.05, 0) is 36.4 Å². The fraction of sp³-hybridized carbons (Fsp3) is 0. The Morgan fingerprint density at radius 1 is 1.26 bits per heavy atom. The summed E-state index contributed by atoms with van der Waals surface area (Å²) in [6, 6.07) is 8.86. The van der Waals surface area contributed by atoms with E-state index in [0.717, 1.165) is 0 Å². The first-order valence-electron chi connectivity index (χ1n) is 5.29. The zero-order chi connectivity index (χ0) is 14.0. The van der Waals surface area contributed by atoms with Crippen LogP contribution in [-0.2, 0) is 0 Å². The molecular weight excluding hydrogens is 335 g/mol. The fourth-order valence-corrected chi connectivity index (χ4v) is 2.00. The van der Waals surface area contributed by atoms with Crippen molar-refractivity contribution in [3.63, 3.8) is 0 Å². The number of hydrogen-bond acceptors (Lipinski definition) is 2. The monoisotopic (exact) mass is 342 g/mol. The molecular formula is C13H9BrClFN2O. The van der Waals surface area contributed by atoms with Crippen LogP contribution < -0.4 is 11.1 Å². The van der Waals surface area contributed by atoms with Crippen molar-refractivity contribution < 1.29 is 9.18 Å². The summed E-state index contributed by atoms with van der Waals surface area (Å²) in [6.07, 6.45) is 0. The Hall–Kier alpha value is -1.59. The molecule has 2 rings (SSSR count). The van der Waals surface area contributed by atoms with Crippen LogP contribution in [-0.4, -0.2) is 5.91 Å². The van der Waals surface area contributed by atoms with E-state index in [2.05, 4.69) is 21.2 Å². The minimum atomic E-state index is -0.619. The van der Waals surface area contributed by atoms with Gasteiger partial charge in [0.2, 0.25) is 0 Å². The van der Waals surface area contributed by atoms with Crippen LogP contribution in [0.5, 0.6) is 0 Å². The summed E-state index contributed by atoms with van der Waals surface area (Å²) in [5.74, 6) is -1.20. The lowest BCUT2D eigenvalue weighted by atomic mass is 10.2. The van der Waals surface area contributed by atoms with Crippen LogP contribution in [0.25, 0.3) is 0 Å². The van der Waals surface area contributed by atoms with Crippen LogP contribution in [0.2, 0.25) is 5.02 Å². The standard InChI is InChI=1S/C13H9BrClFN2O/c14-7-1-3-9(11(16)5-7)13(19)18-12-6-8(17)2-4-10(12)15/h1-6H,17H2,(H,18,19). The van der Waals surface area contributed by atoms with Crippen LogP contribution in [0, 0.1) is 5.82 Å². The van der Waals surface area contributed by atoms with Gasteiger partial charge in [-0.2, -0.15) is 0 Å². The number of nitrogens with two attached hydrogens (primary N) is 1. The van der Waals surface area contributed by atoms with Crippen molar-refractivity contribution in [1.29, 1.82) is 0 Å². The van der Waals surface area contributed by atoms with E-state index < -0.39 is 11.7 Å². The molecule has 0 saturated carbocycles. The summed E-state index contributed by atoms with van der Waals surface area (Å²) in [5.41, 5.74) is 6.33. The molecule has 3 nitrogen and oxygen atoms in total. The van der Waals surface area contributed by atoms with Gasteiger partial charge in [0.1, 0.15) is 5.82 Å². The van der Waals surface area contributed by atoms with E-state index in [4.69, 9.17) is 17.3 Å². The summed E-state index contributed by atoms with van der Waals surface area (Å²) >= 11 is 9.05. The third kappa shape index (κ3) is 3.24. The Morgan fingerprint density at radius 2 is 2.00 bits per heavy atom. The van der Waals surface area contributed by atoms with E-state index in [9.17, 15) is 9.18 Å². The van der Waals surface area contributed by atoms with Crippen LogP contribution in [0.3, 0.4) is 0 Å². The highest BCUT2D eigenvalue weighted by Crippen LogP contribution is 2.25. The van der Waals surface area contributed by atoms with Gasteiger partial charge in [-0.25, -0.2) is 4.39 Å². The van der Waals surface area contributed by atoms with Gasteiger partial charge in [-0.3, -0.25) is 4.79 Å². The van der Waals surface area contributed by atoms with Gasteiger partial charge in [0.15, 0.2) is 0 Å². The first-order valence-corrected chi connectivity index (χ1v) is 6.46. The summed E-state index contributed by atoms with van der Waals surface area (Å²) in [6.45, 7) is 0. The number of hydrogen-bond donors (Lipinski definition) is 2. The van der Waals surface area contributed by atoms with E-state index >= 15 is 0 Å². The molecule has 2 aromatic rings. The van der Waals surface area contributed by atoms with E-state index in [1.807, 2.05) is 0 Å². The van der Waals surface area contributed by atoms with Crippen molar-refractivity contribution in [3.05, 3.63) is 57.3 Å². The van der Waals surface area contributed by atoms with Crippen molar-refractivity contribution in [2.45, 2.75) is 0 Å². The average Bonchev–Trinajstić information content (AvgIpc) is 2.33. The second-order valence-corrected chi connectivity index (χ2v) is 5.14. The summed E-state index contributed by atoms with van der Waals surface area (Å²) in [7, 11) is 0. The molecule has 0 saturated heterocycles. The van der Waals surface area contributed by atoms with Crippen LogP contribution in [0.15, 0.2) is 40.9 Å². The molecule has 0 fully saturated rings. The fourth-order valence-electron chi connectivity index (χ4n) is 1.50. The predicted octanol–water partition coefficient (Wildman–Crippen LogP) is 4.08. The predicted molar refractivity (Wildman–Crippen MR) is 77.9 cm³/mol. The SMILES string of the molecule is Nc1ccc(Cl)c(NC(=O)c2ccc(Br)cc2F)c1. The third-order valence-corrected chi connectivity index (χ3v) is 3.24. The smallest absolute Gasteiger partial charge is 0.258 e. The topological polar surface area (TPSA) is 55.1 Å². The number of nitrogen functional groups attached to an aromatic ring is 1. The number of carbonyl (C=O) groups is 1. The van der Waals surface area contributed by atoms with Crippen molar-refractivity contribution in [3.8, 4) is 0 Å². The highest BCUT2D eigenvalue weighted by Gasteiger charge is 2.13. The van der Waals surface area contributed by atoms with Gasteiger partial charge in [0.05, 0.1) is 16.3 Å². The summed E-state index contributed by atoms with van der Waals surface area (Å²) in [4.78, 5) is 11.9. The van der Waals surface area contributed by atoms with Gasteiger partial charge < -0.3 is 11.1 Å². The number of benzene rings is 2. The van der Waals surface area contributed by atoms with Gasteiger partial charge in [-0.15, -0.1) is 0 Å². The quantitative estimate of drug-likeness (QED) is 0.807. The largest absolute Gasteiger partial charge is 0.399 e. The molecule has 0 aliphatic heterocycles. The Kier molecular flexibility index (Phi) is 4.07. The normalized spacial score (nSPS) is 10.3. The molecule has 19 heavy (non-hydrogen) atoms. The second-order valence-electron chi connectivity index (χ2n) is 3.82. The first kappa shape index (κ1) is 13.8. The van der Waals surface area contributed by atoms with Crippen LogP contribution in [0.4, 0.5) is 15.8 Å². The zero-order valence-electron chi connectivity index (χ0n) is 9.58. The molecule has 98 valence electrons. The molecule has 0 heterocycles. The van der Waals surface area contributed by atoms with Crippen molar-refractivity contribution in [1.82, 2.24) is 0 Å². The lowest BCUT2D eigenvalue weighted by Crippen LogP contribution is -2.14. The maximum Gasteiger partial charge on any atom is 0.258 e. The Morgan fingerprint density at radius 3 is 2.68 bits per heavy atom. The average molecular weight is 344 g/mol. The second kappa shape index (κ2) is 5.59. The first-order chi connectivity index (χ1) is 8.97. The maximum atomic E-state index is 13.6. The van der Waals surface area contributed by atoms with Crippen molar-refractivity contribution >= 4 is 44.8 Å². The number of rotatable bonds is 2. The van der Waals surface area contributed by atoms with Crippen molar-refractivity contribution in [2.24, 2.45) is 0 Å². The molecule has 0 bridgehead atoms. The van der Waals surface area contributed by atoms with Gasteiger partial charge >= 0.3 is 0 Å². The van der Waals surface area contributed by atoms with E-state index in [0.29, 0.717) is 20.9 Å². The van der Waals surface area contributed by atoms with Gasteiger partial charge in [0.25, 0.3) is 5.91 Å². The molecule has 0 spiro atoms. The van der Waals surface area contributed by atoms with Gasteiger partial charge in [0, 0.05) is 10.2 Å². The van der Waals surface area contributed by atoms with Crippen LogP contribution >= 0.6 is 27.5 Å². The number of carbonyl (C=O) groups excluding carboxylic acids is 1. The molecule has 0 aromatic heterocycles. The molecule has 6 heteroatoms. The number of nitrogens with one attached hydrogen (secondary N) is 1. The maximum absolute atomic E-state index is 13.6. The number of anilines is 2. The van der Waals surface area contributed by atoms with E-state index in [1.54, 1.807) is 18.2 Å². The number of amides is 1. The Balaban J connectivity index is 2.28. The molecule has 3 N–H and O–H groups in total. The molecule has 0 radical (unpaired) electrons. The molecule has 0 unspecified atom stereocenters. The number of halogens is 3. The highest BCUT2D eigenvalue weighted by atomic mass is 79.9. The summed E-state index contributed by atoms with van der Waals surface area (Å²) in [5, 5.41) is 2.85. The van der Waals surface area contributed by atoms with E-state index in [-0.39, 0.29) is 5.56 Å². The van der Waals surface area contributed by atoms with Crippen LogP contribution in [0.1, 0.15) is 10.4 Å². The molecule has 2 aromatic carbocycles. The molecule has 0 aliphatic carbocycles. The molecule has 0 atom stereocenters. The zero-order valence-corrected chi connectivity index (χ0v) is 11.9. The molecule has 1 amide bonds. The van der Waals surface area contributed by atoms with E-state index in [1.165, 1.54) is 18.2 Å². The van der Waals surface area contributed by atoms with Crippen molar-refractivity contribution in [2.75, 3.05) is 11.1 Å². The van der Waals surface area contributed by atoms with Gasteiger partial charge in [-0.1, -0.05) is 27.5 Å².